The average molecular weight is 439 g/mol. The molecule has 0 bridgehead atoms. The maximum atomic E-state index is 12.4. The summed E-state index contributed by atoms with van der Waals surface area (Å²) in [4.78, 5) is 36.3. The molecule has 0 saturated heterocycles. The number of rotatable bonds is 9. The average Bonchev–Trinajstić information content (AvgIpc) is 3.12. The van der Waals surface area contributed by atoms with Gasteiger partial charge >= 0.3 is 12.1 Å². The molecule has 7 nitrogen and oxygen atoms in total. The fourth-order valence-corrected chi connectivity index (χ4v) is 4.17. The number of nitrogens with one attached hydrogen (secondary N) is 2. The van der Waals surface area contributed by atoms with Crippen molar-refractivity contribution in [2.45, 2.75) is 45.6 Å². The summed E-state index contributed by atoms with van der Waals surface area (Å²) in [5, 5.41) is 14.7. The molecule has 0 unspecified atom stereocenters. The van der Waals surface area contributed by atoms with Crippen molar-refractivity contribution in [1.29, 1.82) is 0 Å². The molecule has 2 aromatic carbocycles. The van der Waals surface area contributed by atoms with Gasteiger partial charge in [-0.3, -0.25) is 9.59 Å². The number of carboxylic acid groups (broad SMARTS) is 1. The summed E-state index contributed by atoms with van der Waals surface area (Å²) in [5.74, 6) is -1.46. The summed E-state index contributed by atoms with van der Waals surface area (Å²) in [7, 11) is 0. The van der Waals surface area contributed by atoms with Gasteiger partial charge in [0.2, 0.25) is 5.91 Å². The molecule has 0 radical (unpaired) electrons. The Morgan fingerprint density at radius 1 is 1.00 bits per heavy atom. The number of carbonyl (C=O) groups excluding carboxylic acids is 2. The Bertz CT molecular complexity index is 954. The zero-order chi connectivity index (χ0) is 23.3. The number of aliphatic carboxylic acids is 1. The number of benzene rings is 2. The van der Waals surface area contributed by atoms with E-state index in [0.717, 1.165) is 22.3 Å². The number of hydrogen-bond acceptors (Lipinski definition) is 4. The van der Waals surface area contributed by atoms with Crippen molar-refractivity contribution in [2.75, 3.05) is 13.2 Å². The summed E-state index contributed by atoms with van der Waals surface area (Å²) in [6, 6.07) is 15.2. The third-order valence-corrected chi connectivity index (χ3v) is 6.48. The van der Waals surface area contributed by atoms with Crippen molar-refractivity contribution in [3.05, 3.63) is 59.7 Å². The zero-order valence-electron chi connectivity index (χ0n) is 18.7. The molecule has 2 amide bonds. The summed E-state index contributed by atoms with van der Waals surface area (Å²) < 4.78 is 5.46. The number of amides is 2. The minimum atomic E-state index is -1.01. The highest BCUT2D eigenvalue weighted by molar-refractivity contribution is 5.86. The predicted molar refractivity (Wildman–Crippen MR) is 121 cm³/mol. The monoisotopic (exact) mass is 438 g/mol. The van der Waals surface area contributed by atoms with Gasteiger partial charge in [-0.15, -0.1) is 0 Å². The molecule has 0 aliphatic heterocycles. The molecular formula is C25H30N2O5. The first-order valence-corrected chi connectivity index (χ1v) is 11.0. The van der Waals surface area contributed by atoms with Crippen LogP contribution >= 0.6 is 0 Å². The normalized spacial score (nSPS) is 13.6. The van der Waals surface area contributed by atoms with E-state index in [9.17, 15) is 19.5 Å². The van der Waals surface area contributed by atoms with E-state index in [0.29, 0.717) is 12.8 Å². The van der Waals surface area contributed by atoms with Crippen molar-refractivity contribution >= 4 is 18.0 Å². The van der Waals surface area contributed by atoms with E-state index in [4.69, 9.17) is 4.74 Å². The van der Waals surface area contributed by atoms with Crippen LogP contribution in [0.25, 0.3) is 11.1 Å². The SMILES string of the molecule is CCC(CC)(CNC(=O)[C@@H](C)NC(=O)OCC1c2ccccc2-c2ccccc21)C(=O)O. The molecule has 0 aromatic heterocycles. The predicted octanol–water partition coefficient (Wildman–Crippen LogP) is 3.92. The Morgan fingerprint density at radius 3 is 2.03 bits per heavy atom. The number of ether oxygens (including phenoxy) is 1. The van der Waals surface area contributed by atoms with E-state index in [1.807, 2.05) is 36.4 Å². The summed E-state index contributed by atoms with van der Waals surface area (Å²) in [5.41, 5.74) is 3.48. The van der Waals surface area contributed by atoms with Crippen LogP contribution in [0, 0.1) is 5.41 Å². The van der Waals surface area contributed by atoms with E-state index in [1.54, 1.807) is 13.8 Å². The molecule has 1 atom stereocenters. The van der Waals surface area contributed by atoms with E-state index in [-0.39, 0.29) is 19.1 Å². The molecule has 3 N–H and O–H groups in total. The van der Waals surface area contributed by atoms with Crippen LogP contribution in [0.2, 0.25) is 0 Å². The molecule has 2 aromatic rings. The lowest BCUT2D eigenvalue weighted by atomic mass is 9.82. The lowest BCUT2D eigenvalue weighted by molar-refractivity contribution is -0.149. The van der Waals surface area contributed by atoms with E-state index in [2.05, 4.69) is 22.8 Å². The van der Waals surface area contributed by atoms with Crippen LogP contribution in [-0.2, 0) is 14.3 Å². The lowest BCUT2D eigenvalue weighted by Crippen LogP contribution is -2.49. The van der Waals surface area contributed by atoms with Gasteiger partial charge in [0.15, 0.2) is 0 Å². The van der Waals surface area contributed by atoms with Gasteiger partial charge < -0.3 is 20.5 Å². The van der Waals surface area contributed by atoms with Gasteiger partial charge in [-0.25, -0.2) is 4.79 Å². The maximum Gasteiger partial charge on any atom is 0.407 e. The van der Waals surface area contributed by atoms with Gasteiger partial charge in [0.25, 0.3) is 0 Å². The molecule has 32 heavy (non-hydrogen) atoms. The molecule has 1 aliphatic rings. The topological polar surface area (TPSA) is 105 Å². The molecule has 7 heteroatoms. The number of fused-ring (bicyclic) bond motifs is 3. The summed E-state index contributed by atoms with van der Waals surface area (Å²) in [6.45, 7) is 5.26. The second kappa shape index (κ2) is 9.85. The number of carboxylic acids is 1. The molecule has 0 fully saturated rings. The Balaban J connectivity index is 1.56. The van der Waals surface area contributed by atoms with Crippen LogP contribution in [0.4, 0.5) is 4.79 Å². The number of hydrogen-bond donors (Lipinski definition) is 3. The van der Waals surface area contributed by atoms with E-state index in [1.165, 1.54) is 6.92 Å². The number of alkyl carbamates (subject to hydrolysis) is 1. The van der Waals surface area contributed by atoms with E-state index >= 15 is 0 Å². The first-order valence-electron chi connectivity index (χ1n) is 11.0. The highest BCUT2D eigenvalue weighted by atomic mass is 16.5. The summed E-state index contributed by atoms with van der Waals surface area (Å²) >= 11 is 0. The second-order valence-corrected chi connectivity index (χ2v) is 8.20. The lowest BCUT2D eigenvalue weighted by Gasteiger charge is -2.27. The fraction of sp³-hybridized carbons (Fsp3) is 0.400. The molecule has 3 rings (SSSR count). The summed E-state index contributed by atoms with van der Waals surface area (Å²) in [6.07, 6.45) is 0.102. The van der Waals surface area contributed by atoms with Gasteiger partial charge in [0.05, 0.1) is 5.41 Å². The third-order valence-electron chi connectivity index (χ3n) is 6.48. The maximum absolute atomic E-state index is 12.4. The highest BCUT2D eigenvalue weighted by Crippen LogP contribution is 2.44. The van der Waals surface area contributed by atoms with Gasteiger partial charge in [-0.05, 0) is 42.0 Å². The van der Waals surface area contributed by atoms with Crippen LogP contribution < -0.4 is 10.6 Å². The molecular weight excluding hydrogens is 408 g/mol. The minimum Gasteiger partial charge on any atom is -0.481 e. The fourth-order valence-electron chi connectivity index (χ4n) is 4.17. The Kier molecular flexibility index (Phi) is 7.18. The van der Waals surface area contributed by atoms with Crippen LogP contribution in [0.5, 0.6) is 0 Å². The van der Waals surface area contributed by atoms with Crippen LogP contribution in [-0.4, -0.2) is 42.3 Å². The first-order chi connectivity index (χ1) is 15.3. The third kappa shape index (κ3) is 4.61. The molecule has 0 saturated carbocycles. The highest BCUT2D eigenvalue weighted by Gasteiger charge is 2.35. The van der Waals surface area contributed by atoms with Crippen molar-refractivity contribution < 1.29 is 24.2 Å². The molecule has 0 spiro atoms. The Hall–Kier alpha value is -3.35. The van der Waals surface area contributed by atoms with Crippen LogP contribution in [0.1, 0.15) is 50.7 Å². The smallest absolute Gasteiger partial charge is 0.407 e. The van der Waals surface area contributed by atoms with Crippen LogP contribution in [0.3, 0.4) is 0 Å². The molecule has 170 valence electrons. The largest absolute Gasteiger partial charge is 0.481 e. The number of carbonyl (C=O) groups is 3. The molecule has 0 heterocycles. The van der Waals surface area contributed by atoms with Gasteiger partial charge in [0, 0.05) is 12.5 Å². The second-order valence-electron chi connectivity index (χ2n) is 8.20. The van der Waals surface area contributed by atoms with Gasteiger partial charge in [-0.1, -0.05) is 62.4 Å². The van der Waals surface area contributed by atoms with Gasteiger partial charge in [0.1, 0.15) is 12.6 Å². The Labute approximate surface area is 188 Å². The first kappa shape index (κ1) is 23.3. The van der Waals surface area contributed by atoms with Crippen molar-refractivity contribution in [3.63, 3.8) is 0 Å². The zero-order valence-corrected chi connectivity index (χ0v) is 18.7. The van der Waals surface area contributed by atoms with Crippen molar-refractivity contribution in [2.24, 2.45) is 5.41 Å². The van der Waals surface area contributed by atoms with Crippen molar-refractivity contribution in [1.82, 2.24) is 10.6 Å². The van der Waals surface area contributed by atoms with E-state index < -0.39 is 29.4 Å². The van der Waals surface area contributed by atoms with Crippen molar-refractivity contribution in [3.8, 4) is 11.1 Å². The van der Waals surface area contributed by atoms with Crippen LogP contribution in [0.15, 0.2) is 48.5 Å². The minimum absolute atomic E-state index is 0.00484. The molecule has 1 aliphatic carbocycles. The Morgan fingerprint density at radius 2 is 1.53 bits per heavy atom. The quantitative estimate of drug-likeness (QED) is 0.550. The standard InChI is InChI=1S/C25H30N2O5/c1-4-25(5-2,23(29)30)15-26-22(28)16(3)27-24(31)32-14-21-19-12-8-6-10-17(19)18-11-7-9-13-20(18)21/h6-13,16,21H,4-5,14-15H2,1-3H3,(H,26,28)(H,27,31)(H,29,30)/t16-/m1/s1. The van der Waals surface area contributed by atoms with Gasteiger partial charge in [-0.2, -0.15) is 0 Å².